The second-order valence-corrected chi connectivity index (χ2v) is 4.39. The first-order chi connectivity index (χ1) is 8.75. The first kappa shape index (κ1) is 12.5. The van der Waals surface area contributed by atoms with Crippen molar-refractivity contribution in [1.29, 1.82) is 0 Å². The molecule has 0 fully saturated rings. The van der Waals surface area contributed by atoms with E-state index in [1.165, 1.54) is 12.8 Å². The summed E-state index contributed by atoms with van der Waals surface area (Å²) in [4.78, 5) is 14.5. The number of hydrogen-bond donors (Lipinski definition) is 1. The molecule has 5 nitrogen and oxygen atoms in total. The smallest absolute Gasteiger partial charge is 0.269 e. The van der Waals surface area contributed by atoms with Gasteiger partial charge in [-0.3, -0.25) is 15.1 Å². The van der Waals surface area contributed by atoms with E-state index in [0.29, 0.717) is 0 Å². The highest BCUT2D eigenvalue weighted by Gasteiger charge is 2.05. The molecule has 1 aromatic rings. The number of rotatable bonds is 4. The van der Waals surface area contributed by atoms with Gasteiger partial charge in [-0.2, -0.15) is 0 Å². The number of nitrogens with one attached hydrogen (secondary N) is 1. The van der Waals surface area contributed by atoms with Crippen molar-refractivity contribution in [2.24, 2.45) is 4.99 Å². The lowest BCUT2D eigenvalue weighted by molar-refractivity contribution is -0.384. The molecule has 0 saturated heterocycles. The number of nitro benzene ring substituents is 1. The Morgan fingerprint density at radius 1 is 1.28 bits per heavy atom. The zero-order valence-corrected chi connectivity index (χ0v) is 10.3. The maximum Gasteiger partial charge on any atom is 0.269 e. The zero-order chi connectivity index (χ0) is 12.8. The van der Waals surface area contributed by atoms with Gasteiger partial charge in [-0.15, -0.1) is 0 Å². The van der Waals surface area contributed by atoms with Crippen molar-refractivity contribution in [3.63, 3.8) is 0 Å². The molecule has 2 rings (SSSR count). The van der Waals surface area contributed by atoms with Crippen LogP contribution in [-0.2, 0) is 6.42 Å². The van der Waals surface area contributed by atoms with E-state index < -0.39 is 0 Å². The Hall–Kier alpha value is -1.91. The quantitative estimate of drug-likeness (QED) is 0.655. The van der Waals surface area contributed by atoms with Crippen LogP contribution in [0.15, 0.2) is 29.3 Å². The van der Waals surface area contributed by atoms with Gasteiger partial charge in [0.1, 0.15) is 0 Å². The van der Waals surface area contributed by atoms with Crippen LogP contribution in [0.4, 0.5) is 5.69 Å². The van der Waals surface area contributed by atoms with Crippen molar-refractivity contribution in [3.8, 4) is 0 Å². The second-order valence-electron chi connectivity index (χ2n) is 4.39. The fraction of sp³-hybridized carbons (Fsp3) is 0.462. The van der Waals surface area contributed by atoms with Crippen LogP contribution in [-0.4, -0.2) is 23.8 Å². The minimum atomic E-state index is -0.376. The predicted molar refractivity (Wildman–Crippen MR) is 71.0 cm³/mol. The number of amidine groups is 1. The Morgan fingerprint density at radius 3 is 2.67 bits per heavy atom. The van der Waals surface area contributed by atoms with E-state index in [1.807, 2.05) is 12.1 Å². The maximum atomic E-state index is 10.5. The van der Waals surface area contributed by atoms with Crippen molar-refractivity contribution < 1.29 is 4.92 Å². The van der Waals surface area contributed by atoms with Gasteiger partial charge >= 0.3 is 0 Å². The molecule has 0 spiro atoms. The summed E-state index contributed by atoms with van der Waals surface area (Å²) in [5.74, 6) is 1.10. The van der Waals surface area contributed by atoms with Gasteiger partial charge in [-0.05, 0) is 24.8 Å². The molecule has 0 radical (unpaired) electrons. The number of nitrogens with zero attached hydrogens (tertiary/aromatic N) is 2. The van der Waals surface area contributed by atoms with Crippen LogP contribution in [0.1, 0.15) is 24.8 Å². The Morgan fingerprint density at radius 2 is 2.06 bits per heavy atom. The molecule has 1 aliphatic heterocycles. The van der Waals surface area contributed by atoms with Crippen LogP contribution in [0.5, 0.6) is 0 Å². The summed E-state index contributed by atoms with van der Waals surface area (Å²) >= 11 is 0. The number of non-ortho nitro benzene ring substituents is 1. The fourth-order valence-corrected chi connectivity index (χ4v) is 1.98. The fourth-order valence-electron chi connectivity index (χ4n) is 1.98. The van der Waals surface area contributed by atoms with E-state index in [4.69, 9.17) is 0 Å². The van der Waals surface area contributed by atoms with Crippen LogP contribution < -0.4 is 5.32 Å². The van der Waals surface area contributed by atoms with Crippen molar-refractivity contribution in [2.45, 2.75) is 25.7 Å². The first-order valence-electron chi connectivity index (χ1n) is 6.26. The van der Waals surface area contributed by atoms with Gasteiger partial charge in [-0.25, -0.2) is 0 Å². The average molecular weight is 247 g/mol. The van der Waals surface area contributed by atoms with E-state index in [2.05, 4.69) is 10.3 Å². The Labute approximate surface area is 106 Å². The summed E-state index contributed by atoms with van der Waals surface area (Å²) in [5, 5.41) is 13.8. The Balaban J connectivity index is 1.79. The van der Waals surface area contributed by atoms with E-state index in [-0.39, 0.29) is 10.6 Å². The largest absolute Gasteiger partial charge is 0.374 e. The summed E-state index contributed by atoms with van der Waals surface area (Å²) in [6.07, 6.45) is 4.30. The van der Waals surface area contributed by atoms with Crippen LogP contribution in [0.3, 0.4) is 0 Å². The van der Waals surface area contributed by atoms with E-state index in [9.17, 15) is 10.1 Å². The van der Waals surface area contributed by atoms with Crippen LogP contribution >= 0.6 is 0 Å². The summed E-state index contributed by atoms with van der Waals surface area (Å²) < 4.78 is 0. The highest BCUT2D eigenvalue weighted by molar-refractivity contribution is 5.82. The molecule has 1 aliphatic rings. The molecule has 18 heavy (non-hydrogen) atoms. The highest BCUT2D eigenvalue weighted by Crippen LogP contribution is 2.12. The molecule has 0 bridgehead atoms. The molecule has 0 aromatic heterocycles. The number of aliphatic imine (C=N–C) groups is 1. The summed E-state index contributed by atoms with van der Waals surface area (Å²) in [7, 11) is 0. The summed E-state index contributed by atoms with van der Waals surface area (Å²) in [6, 6.07) is 6.71. The SMILES string of the molecule is O=[N+]([O-])c1ccc(CCNC2=NCCCC2)cc1. The van der Waals surface area contributed by atoms with Gasteiger partial charge in [0.05, 0.1) is 10.8 Å². The third kappa shape index (κ3) is 3.55. The first-order valence-corrected chi connectivity index (χ1v) is 6.26. The molecule has 1 N–H and O–H groups in total. The maximum absolute atomic E-state index is 10.5. The molecule has 0 amide bonds. The van der Waals surface area contributed by atoms with Crippen LogP contribution in [0.2, 0.25) is 0 Å². The molecule has 1 heterocycles. The summed E-state index contributed by atoms with van der Waals surface area (Å²) in [5.41, 5.74) is 1.24. The minimum absolute atomic E-state index is 0.142. The van der Waals surface area contributed by atoms with E-state index in [0.717, 1.165) is 37.3 Å². The molecular formula is C13H17N3O2. The van der Waals surface area contributed by atoms with Crippen molar-refractivity contribution in [3.05, 3.63) is 39.9 Å². The van der Waals surface area contributed by atoms with Crippen LogP contribution in [0.25, 0.3) is 0 Å². The highest BCUT2D eigenvalue weighted by atomic mass is 16.6. The van der Waals surface area contributed by atoms with Gasteiger partial charge in [0.2, 0.25) is 0 Å². The van der Waals surface area contributed by atoms with Gasteiger partial charge in [-0.1, -0.05) is 12.1 Å². The molecule has 0 unspecified atom stereocenters. The lowest BCUT2D eigenvalue weighted by Gasteiger charge is -2.13. The molecular weight excluding hydrogens is 230 g/mol. The lowest BCUT2D eigenvalue weighted by atomic mass is 10.1. The monoisotopic (exact) mass is 247 g/mol. The molecule has 0 aliphatic carbocycles. The molecule has 5 heteroatoms. The normalized spacial score (nSPS) is 15.0. The van der Waals surface area contributed by atoms with Crippen molar-refractivity contribution >= 4 is 11.5 Å². The third-order valence-corrected chi connectivity index (χ3v) is 3.01. The molecule has 0 atom stereocenters. The van der Waals surface area contributed by atoms with Gasteiger partial charge in [0, 0.05) is 31.6 Å². The molecule has 96 valence electrons. The molecule has 1 aromatic carbocycles. The molecule has 0 saturated carbocycles. The second kappa shape index (κ2) is 6.14. The number of hydrogen-bond acceptors (Lipinski definition) is 4. The predicted octanol–water partition coefficient (Wildman–Crippen LogP) is 2.31. The number of nitro groups is 1. The van der Waals surface area contributed by atoms with E-state index >= 15 is 0 Å². The Kier molecular flexibility index (Phi) is 4.28. The summed E-state index contributed by atoms with van der Waals surface area (Å²) in [6.45, 7) is 1.76. The van der Waals surface area contributed by atoms with Crippen molar-refractivity contribution in [1.82, 2.24) is 5.32 Å². The zero-order valence-electron chi connectivity index (χ0n) is 10.3. The van der Waals surface area contributed by atoms with Crippen LogP contribution in [0, 0.1) is 10.1 Å². The lowest BCUT2D eigenvalue weighted by Crippen LogP contribution is -2.27. The Bertz CT molecular complexity index is 440. The van der Waals surface area contributed by atoms with Gasteiger partial charge < -0.3 is 5.32 Å². The number of benzene rings is 1. The third-order valence-electron chi connectivity index (χ3n) is 3.01. The van der Waals surface area contributed by atoms with Gasteiger partial charge in [0.15, 0.2) is 0 Å². The minimum Gasteiger partial charge on any atom is -0.374 e. The average Bonchev–Trinajstić information content (AvgIpc) is 2.40. The topological polar surface area (TPSA) is 67.5 Å². The van der Waals surface area contributed by atoms with Crippen molar-refractivity contribution in [2.75, 3.05) is 13.1 Å². The standard InChI is InChI=1S/C13H17N3O2/c17-16(18)12-6-4-11(5-7-12)8-10-15-13-3-1-2-9-14-13/h4-7H,1-3,8-10H2,(H,14,15). The van der Waals surface area contributed by atoms with E-state index in [1.54, 1.807) is 12.1 Å². The van der Waals surface area contributed by atoms with Gasteiger partial charge in [0.25, 0.3) is 5.69 Å².